The number of sulfonamides is 1. The van der Waals surface area contributed by atoms with E-state index in [1.807, 2.05) is 63.2 Å². The lowest BCUT2D eigenvalue weighted by Crippen LogP contribution is -2.60. The molecule has 5 atom stereocenters. The van der Waals surface area contributed by atoms with Gasteiger partial charge in [-0.25, -0.2) is 8.42 Å². The Morgan fingerprint density at radius 2 is 1.65 bits per heavy atom. The highest BCUT2D eigenvalue weighted by molar-refractivity contribution is 7.91. The summed E-state index contributed by atoms with van der Waals surface area (Å²) >= 11 is 0. The molecule has 2 unspecified atom stereocenters. The number of carbonyl (C=O) groups is 5. The molecular weight excluding hydrogens is 671 g/mol. The molecule has 4 fully saturated rings. The minimum Gasteiger partial charge on any atom is -0.347 e. The van der Waals surface area contributed by atoms with Crippen LogP contribution in [0.1, 0.15) is 76.1 Å². The van der Waals surface area contributed by atoms with E-state index in [9.17, 15) is 32.4 Å². The van der Waals surface area contributed by atoms with Crippen molar-refractivity contribution in [2.24, 2.45) is 17.3 Å². The maximum Gasteiger partial charge on any atom is 0.259 e. The van der Waals surface area contributed by atoms with E-state index in [0.29, 0.717) is 30.7 Å². The molecule has 2 aromatic carbocycles. The standard InChI is InChI=1S/C38H47N5O7S/c1-5-25-21-38(25,36(48)42-51(49,50)27-17-18-27)41-34(46)30-20-26(39-33(45)29-14-10-9-13-28(29)24-11-7-6-8-12-24)22-43(30)35(47)32(37(2,3)4)40-31(44)19-23-15-16-23/h5-14,23,25-27,30,32H,1,15-22H2,2-4H3,(H,39,45)(H,40,44)(H,41,46)(H,42,48)/t25?,26-,30+,32-,38?/m1/s1. The monoisotopic (exact) mass is 717 g/mol. The summed E-state index contributed by atoms with van der Waals surface area (Å²) in [6.45, 7) is 9.23. The highest BCUT2D eigenvalue weighted by atomic mass is 32.2. The largest absolute Gasteiger partial charge is 0.347 e. The second-order valence-electron chi connectivity index (χ2n) is 15.5. The van der Waals surface area contributed by atoms with Gasteiger partial charge in [0.05, 0.1) is 5.25 Å². The Morgan fingerprint density at radius 1 is 0.980 bits per heavy atom. The fourth-order valence-corrected chi connectivity index (χ4v) is 8.25. The van der Waals surface area contributed by atoms with Gasteiger partial charge in [0.25, 0.3) is 11.8 Å². The highest BCUT2D eigenvalue weighted by Crippen LogP contribution is 2.45. The topological polar surface area (TPSA) is 171 Å². The van der Waals surface area contributed by atoms with Crippen molar-refractivity contribution < 1.29 is 32.4 Å². The third-order valence-corrected chi connectivity index (χ3v) is 12.1. The van der Waals surface area contributed by atoms with Crippen LogP contribution < -0.4 is 20.7 Å². The number of hydrogen-bond acceptors (Lipinski definition) is 7. The van der Waals surface area contributed by atoms with Gasteiger partial charge in [0.2, 0.25) is 27.7 Å². The normalized spacial score (nSPS) is 24.9. The average molecular weight is 718 g/mol. The average Bonchev–Trinajstić information content (AvgIpc) is 3.98. The van der Waals surface area contributed by atoms with Crippen LogP contribution in [-0.2, 0) is 29.2 Å². The zero-order chi connectivity index (χ0) is 36.7. The van der Waals surface area contributed by atoms with Crippen LogP contribution >= 0.6 is 0 Å². The Hall–Kier alpha value is -4.52. The van der Waals surface area contributed by atoms with Crippen LogP contribution in [0.2, 0.25) is 0 Å². The molecule has 1 saturated heterocycles. The van der Waals surface area contributed by atoms with Gasteiger partial charge >= 0.3 is 0 Å². The van der Waals surface area contributed by atoms with Crippen LogP contribution in [0.4, 0.5) is 0 Å². The predicted molar refractivity (Wildman–Crippen MR) is 191 cm³/mol. The number of hydrogen-bond donors (Lipinski definition) is 4. The maximum atomic E-state index is 14.4. The highest BCUT2D eigenvalue weighted by Gasteiger charge is 2.62. The lowest BCUT2D eigenvalue weighted by molar-refractivity contribution is -0.144. The molecule has 3 saturated carbocycles. The molecule has 51 heavy (non-hydrogen) atoms. The van der Waals surface area contributed by atoms with Crippen molar-refractivity contribution in [3.63, 3.8) is 0 Å². The summed E-state index contributed by atoms with van der Waals surface area (Å²) in [6.07, 6.45) is 4.84. The van der Waals surface area contributed by atoms with Gasteiger partial charge < -0.3 is 20.9 Å². The summed E-state index contributed by atoms with van der Waals surface area (Å²) in [4.78, 5) is 70.2. The Labute approximate surface area is 299 Å². The lowest BCUT2D eigenvalue weighted by atomic mass is 9.85. The first kappa shape index (κ1) is 36.3. The maximum absolute atomic E-state index is 14.4. The van der Waals surface area contributed by atoms with Crippen LogP contribution in [0.3, 0.4) is 0 Å². The number of likely N-dealkylation sites (tertiary alicyclic amines) is 1. The molecule has 3 aliphatic carbocycles. The van der Waals surface area contributed by atoms with Gasteiger partial charge in [0, 0.05) is 30.5 Å². The second kappa shape index (κ2) is 13.9. The molecule has 4 aliphatic rings. The first-order valence-electron chi connectivity index (χ1n) is 17.7. The number of carbonyl (C=O) groups excluding carboxylic acids is 5. The van der Waals surface area contributed by atoms with E-state index in [1.54, 1.807) is 12.1 Å². The smallest absolute Gasteiger partial charge is 0.259 e. The Bertz CT molecular complexity index is 1830. The van der Waals surface area contributed by atoms with Crippen LogP contribution in [0.5, 0.6) is 0 Å². The fourth-order valence-electron chi connectivity index (χ4n) is 6.88. The van der Waals surface area contributed by atoms with E-state index in [-0.39, 0.29) is 31.2 Å². The third kappa shape index (κ3) is 8.03. The molecule has 0 spiro atoms. The van der Waals surface area contributed by atoms with Crippen molar-refractivity contribution in [3.8, 4) is 11.1 Å². The number of rotatable bonds is 13. The summed E-state index contributed by atoms with van der Waals surface area (Å²) in [5.74, 6) is -2.84. The summed E-state index contributed by atoms with van der Waals surface area (Å²) < 4.78 is 27.5. The van der Waals surface area contributed by atoms with Gasteiger partial charge in [-0.15, -0.1) is 6.58 Å². The molecule has 6 rings (SSSR count). The summed E-state index contributed by atoms with van der Waals surface area (Å²) in [6, 6.07) is 13.9. The number of benzene rings is 2. The Kier molecular flexibility index (Phi) is 9.88. The number of nitrogens with one attached hydrogen (secondary N) is 4. The van der Waals surface area contributed by atoms with Gasteiger partial charge in [0.15, 0.2) is 0 Å². The van der Waals surface area contributed by atoms with E-state index in [4.69, 9.17) is 0 Å². The van der Waals surface area contributed by atoms with Gasteiger partial charge in [-0.1, -0.05) is 75.4 Å². The second-order valence-corrected chi connectivity index (χ2v) is 17.5. The van der Waals surface area contributed by atoms with Crippen molar-refractivity contribution in [1.82, 2.24) is 25.6 Å². The van der Waals surface area contributed by atoms with E-state index in [1.165, 1.54) is 11.0 Å². The van der Waals surface area contributed by atoms with Gasteiger partial charge in [-0.05, 0) is 67.1 Å². The first-order chi connectivity index (χ1) is 24.1. The first-order valence-corrected chi connectivity index (χ1v) is 19.2. The van der Waals surface area contributed by atoms with E-state index < -0.39 is 68.0 Å². The molecule has 0 bridgehead atoms. The van der Waals surface area contributed by atoms with Crippen molar-refractivity contribution in [2.45, 2.75) is 94.6 Å². The minimum atomic E-state index is -3.89. The summed E-state index contributed by atoms with van der Waals surface area (Å²) in [5.41, 5.74) is -0.273. The Balaban J connectivity index is 1.26. The number of nitrogens with zero attached hydrogens (tertiary/aromatic N) is 1. The van der Waals surface area contributed by atoms with Crippen LogP contribution in [0, 0.1) is 17.3 Å². The predicted octanol–water partition coefficient (Wildman–Crippen LogP) is 3.05. The molecule has 1 aliphatic heterocycles. The van der Waals surface area contributed by atoms with E-state index in [2.05, 4.69) is 27.3 Å². The Morgan fingerprint density at radius 3 is 2.25 bits per heavy atom. The summed E-state index contributed by atoms with van der Waals surface area (Å²) in [7, 11) is -3.89. The van der Waals surface area contributed by atoms with Crippen LogP contribution in [0.15, 0.2) is 67.3 Å². The lowest BCUT2D eigenvalue weighted by Gasteiger charge is -2.35. The molecule has 0 aromatic heterocycles. The SMILES string of the molecule is C=CC1CC1(NC(=O)[C@@H]1C[C@@H](NC(=O)c2ccccc2-c2ccccc2)CN1C(=O)[C@@H](NC(=O)CC1CC1)C(C)(C)C)C(=O)NS(=O)(=O)C1CC1. The molecular formula is C38H47N5O7S. The van der Waals surface area contributed by atoms with Crippen molar-refractivity contribution in [1.29, 1.82) is 0 Å². The minimum absolute atomic E-state index is 0.0264. The molecule has 12 nitrogen and oxygen atoms in total. The molecule has 5 amide bonds. The van der Waals surface area contributed by atoms with Gasteiger partial charge in [-0.2, -0.15) is 0 Å². The van der Waals surface area contributed by atoms with Crippen molar-refractivity contribution in [3.05, 3.63) is 72.8 Å². The molecule has 4 N–H and O–H groups in total. The van der Waals surface area contributed by atoms with E-state index in [0.717, 1.165) is 24.0 Å². The fraction of sp³-hybridized carbons (Fsp3) is 0.500. The molecule has 13 heteroatoms. The van der Waals surface area contributed by atoms with Crippen molar-refractivity contribution >= 4 is 39.6 Å². The van der Waals surface area contributed by atoms with E-state index >= 15 is 0 Å². The van der Waals surface area contributed by atoms with Crippen LogP contribution in [0.25, 0.3) is 11.1 Å². The molecule has 1 heterocycles. The van der Waals surface area contributed by atoms with Crippen LogP contribution in [-0.4, -0.2) is 78.3 Å². The van der Waals surface area contributed by atoms with Gasteiger partial charge in [0.1, 0.15) is 17.6 Å². The molecule has 0 radical (unpaired) electrons. The quantitative estimate of drug-likeness (QED) is 0.231. The zero-order valence-corrected chi connectivity index (χ0v) is 30.1. The number of amides is 5. The van der Waals surface area contributed by atoms with Gasteiger partial charge in [-0.3, -0.25) is 28.7 Å². The summed E-state index contributed by atoms with van der Waals surface area (Å²) in [5, 5.41) is 8.09. The third-order valence-electron chi connectivity index (χ3n) is 10.3. The van der Waals surface area contributed by atoms with Crippen molar-refractivity contribution in [2.75, 3.05) is 6.54 Å². The zero-order valence-electron chi connectivity index (χ0n) is 29.3. The molecule has 272 valence electrons. The molecule has 2 aromatic rings.